The van der Waals surface area contributed by atoms with Gasteiger partial charge < -0.3 is 9.88 Å². The van der Waals surface area contributed by atoms with Crippen molar-refractivity contribution < 1.29 is 8.42 Å². The minimum Gasteiger partial charge on any atom is -0.334 e. The molecule has 0 bridgehead atoms. The molecule has 0 saturated carbocycles. The number of sulfonamides is 1. The summed E-state index contributed by atoms with van der Waals surface area (Å²) >= 11 is 0. The second-order valence-corrected chi connectivity index (χ2v) is 7.39. The van der Waals surface area contributed by atoms with Crippen LogP contribution in [-0.2, 0) is 16.6 Å². The Bertz CT molecular complexity index is 547. The van der Waals surface area contributed by atoms with Crippen molar-refractivity contribution in [3.8, 4) is 0 Å². The predicted molar refractivity (Wildman–Crippen MR) is 78.1 cm³/mol. The van der Waals surface area contributed by atoms with E-state index in [-0.39, 0.29) is 11.1 Å². The van der Waals surface area contributed by atoms with Crippen LogP contribution in [0.2, 0.25) is 0 Å². The summed E-state index contributed by atoms with van der Waals surface area (Å²) in [5.74, 6) is 0.748. The molecule has 114 valence electrons. The Morgan fingerprint density at radius 1 is 1.55 bits per heavy atom. The minimum atomic E-state index is -3.49. The lowest BCUT2D eigenvalue weighted by Gasteiger charge is -2.19. The zero-order chi connectivity index (χ0) is 14.8. The van der Waals surface area contributed by atoms with E-state index in [4.69, 9.17) is 0 Å². The van der Waals surface area contributed by atoms with Gasteiger partial charge in [0, 0.05) is 32.4 Å². The van der Waals surface area contributed by atoms with Gasteiger partial charge in [0.1, 0.15) is 5.82 Å². The smallest absolute Gasteiger partial charge is 0.261 e. The average Bonchev–Trinajstić information content (AvgIpc) is 3.01. The summed E-state index contributed by atoms with van der Waals surface area (Å²) in [6, 6.07) is 0.258. The highest BCUT2D eigenvalue weighted by molar-refractivity contribution is 7.89. The molecular formula is C13H24N4O2S. The van der Waals surface area contributed by atoms with Crippen molar-refractivity contribution in [1.29, 1.82) is 0 Å². The van der Waals surface area contributed by atoms with Crippen LogP contribution in [0.3, 0.4) is 0 Å². The topological polar surface area (TPSA) is 67.2 Å². The lowest BCUT2D eigenvalue weighted by Crippen LogP contribution is -2.38. The molecule has 1 N–H and O–H groups in total. The first-order valence-electron chi connectivity index (χ1n) is 7.18. The zero-order valence-corrected chi connectivity index (χ0v) is 13.3. The van der Waals surface area contributed by atoms with Crippen LogP contribution in [0.4, 0.5) is 0 Å². The van der Waals surface area contributed by atoms with Crippen molar-refractivity contribution in [2.75, 3.05) is 20.1 Å². The van der Waals surface area contributed by atoms with E-state index in [0.717, 1.165) is 38.2 Å². The molecule has 0 aromatic carbocycles. The van der Waals surface area contributed by atoms with Gasteiger partial charge in [0.25, 0.3) is 10.0 Å². The lowest BCUT2D eigenvalue weighted by atomic mass is 10.2. The maximum absolute atomic E-state index is 12.5. The van der Waals surface area contributed by atoms with Gasteiger partial charge in [-0.25, -0.2) is 13.4 Å². The molecule has 1 aromatic heterocycles. The Morgan fingerprint density at radius 2 is 2.30 bits per heavy atom. The summed E-state index contributed by atoms with van der Waals surface area (Å²) in [5, 5.41) is 3.47. The summed E-state index contributed by atoms with van der Waals surface area (Å²) in [6.07, 6.45) is 4.75. The van der Waals surface area contributed by atoms with Gasteiger partial charge in [-0.1, -0.05) is 6.92 Å². The van der Waals surface area contributed by atoms with Crippen LogP contribution in [0.5, 0.6) is 0 Å². The predicted octanol–water partition coefficient (Wildman–Crippen LogP) is 0.974. The lowest BCUT2D eigenvalue weighted by molar-refractivity contribution is 0.416. The zero-order valence-electron chi connectivity index (χ0n) is 12.5. The highest BCUT2D eigenvalue weighted by atomic mass is 32.2. The number of likely N-dealkylation sites (N-methyl/N-ethyl adjacent to an activating group) is 1. The molecule has 1 aromatic rings. The first-order valence-corrected chi connectivity index (χ1v) is 8.62. The number of hydrogen-bond acceptors (Lipinski definition) is 4. The number of rotatable bonds is 6. The minimum absolute atomic E-state index is 0.156. The van der Waals surface area contributed by atoms with E-state index in [1.54, 1.807) is 13.2 Å². The molecule has 1 atom stereocenters. The fourth-order valence-electron chi connectivity index (χ4n) is 2.55. The molecule has 1 saturated heterocycles. The Hall–Kier alpha value is -0.920. The molecule has 1 aliphatic heterocycles. The van der Waals surface area contributed by atoms with Crippen molar-refractivity contribution in [3.05, 3.63) is 12.0 Å². The normalized spacial score (nSPS) is 19.9. The van der Waals surface area contributed by atoms with Crippen LogP contribution in [0.15, 0.2) is 11.2 Å². The fourth-order valence-corrected chi connectivity index (χ4v) is 3.75. The van der Waals surface area contributed by atoms with Crippen LogP contribution >= 0.6 is 0 Å². The van der Waals surface area contributed by atoms with Crippen molar-refractivity contribution >= 4 is 10.0 Å². The van der Waals surface area contributed by atoms with Crippen molar-refractivity contribution in [2.24, 2.45) is 0 Å². The molecule has 0 radical (unpaired) electrons. The van der Waals surface area contributed by atoms with Crippen molar-refractivity contribution in [2.45, 2.75) is 50.7 Å². The van der Waals surface area contributed by atoms with E-state index in [1.165, 1.54) is 4.31 Å². The molecule has 0 amide bonds. The van der Waals surface area contributed by atoms with Crippen LogP contribution < -0.4 is 5.32 Å². The Morgan fingerprint density at radius 3 is 2.90 bits per heavy atom. The fraction of sp³-hybridized carbons (Fsp3) is 0.769. The summed E-state index contributed by atoms with van der Waals surface area (Å²) in [4.78, 5) is 4.21. The monoisotopic (exact) mass is 300 g/mol. The summed E-state index contributed by atoms with van der Waals surface area (Å²) in [7, 11) is -1.86. The summed E-state index contributed by atoms with van der Waals surface area (Å²) < 4.78 is 28.3. The number of nitrogens with zero attached hydrogens (tertiary/aromatic N) is 3. The number of nitrogens with one attached hydrogen (secondary N) is 1. The summed E-state index contributed by atoms with van der Waals surface area (Å²) in [6.45, 7) is 6.17. The van der Waals surface area contributed by atoms with E-state index >= 15 is 0 Å². The summed E-state index contributed by atoms with van der Waals surface area (Å²) in [5.41, 5.74) is 0. The molecule has 0 spiro atoms. The van der Waals surface area contributed by atoms with Gasteiger partial charge in [0.15, 0.2) is 5.03 Å². The highest BCUT2D eigenvalue weighted by Gasteiger charge is 2.27. The van der Waals surface area contributed by atoms with Crippen LogP contribution in [0.25, 0.3) is 0 Å². The maximum Gasteiger partial charge on any atom is 0.261 e. The third-order valence-electron chi connectivity index (χ3n) is 3.73. The van der Waals surface area contributed by atoms with Gasteiger partial charge in [-0.05, 0) is 32.7 Å². The van der Waals surface area contributed by atoms with E-state index in [1.807, 2.05) is 11.5 Å². The first-order chi connectivity index (χ1) is 9.45. The standard InChI is InChI=1S/C13H24N4O2S/c1-4-8-17-10-13(15-11(17)2)20(18,19)16(3)9-12-6-5-7-14-12/h10,12,14H,4-9H2,1-3H3. The van der Waals surface area contributed by atoms with Crippen molar-refractivity contribution in [1.82, 2.24) is 19.2 Å². The molecule has 2 rings (SSSR count). The molecule has 0 aliphatic carbocycles. The molecule has 6 nitrogen and oxygen atoms in total. The largest absolute Gasteiger partial charge is 0.334 e. The average molecular weight is 300 g/mol. The number of aryl methyl sites for hydroxylation is 2. The SMILES string of the molecule is CCCn1cc(S(=O)(=O)N(C)CC2CCCN2)nc1C. The molecule has 2 heterocycles. The van der Waals surface area contributed by atoms with E-state index in [2.05, 4.69) is 17.2 Å². The maximum atomic E-state index is 12.5. The number of aromatic nitrogens is 2. The third kappa shape index (κ3) is 3.21. The second kappa shape index (κ2) is 6.24. The number of hydrogen-bond donors (Lipinski definition) is 1. The first kappa shape index (κ1) is 15.5. The molecule has 7 heteroatoms. The third-order valence-corrected chi connectivity index (χ3v) is 5.43. The van der Waals surface area contributed by atoms with Gasteiger partial charge in [0.2, 0.25) is 0 Å². The second-order valence-electron chi connectivity index (χ2n) is 5.40. The molecule has 20 heavy (non-hydrogen) atoms. The van der Waals surface area contributed by atoms with Crippen molar-refractivity contribution in [3.63, 3.8) is 0 Å². The van der Waals surface area contributed by atoms with Crippen LogP contribution in [0, 0.1) is 6.92 Å². The van der Waals surface area contributed by atoms with Gasteiger partial charge >= 0.3 is 0 Å². The quantitative estimate of drug-likeness (QED) is 0.850. The van der Waals surface area contributed by atoms with Gasteiger partial charge in [-0.15, -0.1) is 0 Å². The van der Waals surface area contributed by atoms with Gasteiger partial charge in [0.05, 0.1) is 0 Å². The van der Waals surface area contributed by atoms with E-state index < -0.39 is 10.0 Å². The molecule has 1 fully saturated rings. The van der Waals surface area contributed by atoms with E-state index in [9.17, 15) is 8.42 Å². The highest BCUT2D eigenvalue weighted by Crippen LogP contribution is 2.16. The molecule has 1 aliphatic rings. The van der Waals surface area contributed by atoms with E-state index in [0.29, 0.717) is 6.54 Å². The number of imidazole rings is 1. The Kier molecular flexibility index (Phi) is 4.82. The van der Waals surface area contributed by atoms with Gasteiger partial charge in [-0.3, -0.25) is 0 Å². The Balaban J connectivity index is 2.14. The Labute approximate surface area is 121 Å². The van der Waals surface area contributed by atoms with Crippen LogP contribution in [-0.4, -0.2) is 48.5 Å². The molecule has 1 unspecified atom stereocenters. The van der Waals surface area contributed by atoms with Gasteiger partial charge in [-0.2, -0.15) is 4.31 Å². The van der Waals surface area contributed by atoms with Crippen LogP contribution in [0.1, 0.15) is 32.0 Å². The molecular weight excluding hydrogens is 276 g/mol.